The van der Waals surface area contributed by atoms with E-state index in [1.54, 1.807) is 32.0 Å². The number of hydrogen-bond acceptors (Lipinski definition) is 8. The fraction of sp³-hybridized carbons (Fsp3) is 0.267. The van der Waals surface area contributed by atoms with Crippen molar-refractivity contribution in [3.05, 3.63) is 45.8 Å². The third kappa shape index (κ3) is 4.98. The normalized spacial score (nSPS) is 15.3. The Labute approximate surface area is 203 Å². The molecule has 1 aliphatic rings. The summed E-state index contributed by atoms with van der Waals surface area (Å²) in [6, 6.07) is 4.68. The van der Waals surface area contributed by atoms with E-state index in [-0.39, 0.29) is 76.0 Å². The summed E-state index contributed by atoms with van der Waals surface area (Å²) < 4.78 is 41.0. The van der Waals surface area contributed by atoms with E-state index >= 15 is 0 Å². The van der Waals surface area contributed by atoms with Crippen LogP contribution in [0.15, 0.2) is 27.9 Å². The first-order valence-corrected chi connectivity index (χ1v) is 9.14. The summed E-state index contributed by atoms with van der Waals surface area (Å²) >= 11 is 6.05. The zero-order chi connectivity index (χ0) is 19.1. The predicted molar refractivity (Wildman–Crippen MR) is 91.0 cm³/mol. The molecule has 0 fully saturated rings. The molecule has 0 atom stereocenters. The molecule has 1 amide bonds. The maximum absolute atomic E-state index is 13.0. The number of amides is 1. The van der Waals surface area contributed by atoms with Gasteiger partial charge in [0.1, 0.15) is 11.3 Å². The predicted octanol–water partition coefficient (Wildman–Crippen LogP) is -0.820. The zero-order valence-electron chi connectivity index (χ0n) is 14.7. The Hall–Kier alpha value is -0.794. The third-order valence-electron chi connectivity index (χ3n) is 3.86. The van der Waals surface area contributed by atoms with Gasteiger partial charge in [0.2, 0.25) is 0 Å². The molecule has 0 saturated carbocycles. The first-order valence-electron chi connectivity index (χ1n) is 7.43. The van der Waals surface area contributed by atoms with Gasteiger partial charge in [-0.3, -0.25) is 9.08 Å². The number of anilines is 1. The first kappa shape index (κ1) is 22.5. The van der Waals surface area contributed by atoms with Crippen molar-refractivity contribution in [3.63, 3.8) is 0 Å². The van der Waals surface area contributed by atoms with Gasteiger partial charge in [-0.05, 0) is 32.0 Å². The van der Waals surface area contributed by atoms with E-state index in [0.717, 1.165) is 0 Å². The smallest absolute Gasteiger partial charge is 0.714 e. The van der Waals surface area contributed by atoms with E-state index in [0.29, 0.717) is 33.3 Å². The average molecular weight is 438 g/mol. The maximum Gasteiger partial charge on any atom is 1.00 e. The van der Waals surface area contributed by atoms with E-state index < -0.39 is 10.4 Å². The van der Waals surface area contributed by atoms with Gasteiger partial charge in [-0.2, -0.15) is 8.42 Å². The fourth-order valence-electron chi connectivity index (χ4n) is 2.76. The Balaban J connectivity index is 0.00000261. The number of oxime groups is 1. The van der Waals surface area contributed by atoms with Crippen LogP contribution in [0.5, 0.6) is 0 Å². The number of carbonyl (C=O) groups is 1. The van der Waals surface area contributed by atoms with Crippen LogP contribution < -0.4 is 56.3 Å². The minimum absolute atomic E-state index is 0. The van der Waals surface area contributed by atoms with Gasteiger partial charge < -0.3 is 14.0 Å². The van der Waals surface area contributed by atoms with Crippen molar-refractivity contribution in [2.75, 3.05) is 11.4 Å². The molecule has 0 saturated heterocycles. The SMILES string of the molecule is Cc1noc(C)c1C(=O)N1CC/C(=N/OS(=O)(=O)[O-])c2ccc(Cl)cc21.[K+]. The molecular formula is C15H13ClKN3O6S. The number of fused-ring (bicyclic) bond motifs is 1. The van der Waals surface area contributed by atoms with E-state index in [1.807, 2.05) is 0 Å². The standard InChI is InChI=1S/C15H14ClN3O6S.K/c1-8-14(9(2)24-17-8)15(20)19-6-5-12(18-25-26(21,22)23)11-4-3-10(16)7-13(11)19;/h3-4,7H,5-6H2,1-2H3,(H,21,22,23);/q;+1/p-1/b18-12-;. The van der Waals surface area contributed by atoms with Crippen LogP contribution in [0, 0.1) is 13.8 Å². The van der Waals surface area contributed by atoms with Crippen molar-refractivity contribution >= 4 is 39.3 Å². The van der Waals surface area contributed by atoms with Gasteiger partial charge >= 0.3 is 51.4 Å². The first-order chi connectivity index (χ1) is 12.2. The van der Waals surface area contributed by atoms with Crippen LogP contribution in [-0.4, -0.2) is 36.3 Å². The largest absolute Gasteiger partial charge is 1.00 e. The van der Waals surface area contributed by atoms with Crippen molar-refractivity contribution in [2.24, 2.45) is 5.16 Å². The second kappa shape index (κ2) is 8.70. The summed E-state index contributed by atoms with van der Waals surface area (Å²) in [5.74, 6) is 0.0532. The van der Waals surface area contributed by atoms with Crippen molar-refractivity contribution < 1.29 is 78.0 Å². The Kier molecular flexibility index (Phi) is 7.25. The molecule has 12 heteroatoms. The molecule has 0 spiro atoms. The van der Waals surface area contributed by atoms with Gasteiger partial charge in [-0.1, -0.05) is 21.9 Å². The van der Waals surface area contributed by atoms with Gasteiger partial charge in [-0.25, -0.2) is 0 Å². The number of benzene rings is 1. The summed E-state index contributed by atoms with van der Waals surface area (Å²) in [4.78, 5) is 14.4. The Bertz CT molecular complexity index is 1000. The fourth-order valence-corrected chi connectivity index (χ4v) is 3.11. The van der Waals surface area contributed by atoms with Crippen molar-refractivity contribution in [1.29, 1.82) is 0 Å². The van der Waals surface area contributed by atoms with Gasteiger partial charge in [0.15, 0.2) is 0 Å². The second-order valence-electron chi connectivity index (χ2n) is 5.59. The van der Waals surface area contributed by atoms with Crippen molar-refractivity contribution in [3.8, 4) is 0 Å². The molecule has 0 aliphatic carbocycles. The summed E-state index contributed by atoms with van der Waals surface area (Å²) in [7, 11) is -4.98. The van der Waals surface area contributed by atoms with E-state index in [9.17, 15) is 17.8 Å². The van der Waals surface area contributed by atoms with Crippen LogP contribution >= 0.6 is 11.6 Å². The Morgan fingerprint density at radius 3 is 2.70 bits per heavy atom. The molecule has 0 N–H and O–H groups in total. The van der Waals surface area contributed by atoms with Crippen LogP contribution in [0.2, 0.25) is 5.02 Å². The molecule has 3 rings (SSSR count). The Morgan fingerprint density at radius 1 is 1.41 bits per heavy atom. The molecule has 138 valence electrons. The van der Waals surface area contributed by atoms with Gasteiger partial charge in [0, 0.05) is 23.6 Å². The van der Waals surface area contributed by atoms with Gasteiger partial charge in [0.25, 0.3) is 16.3 Å². The van der Waals surface area contributed by atoms with Crippen LogP contribution in [-0.2, 0) is 14.7 Å². The average Bonchev–Trinajstić information content (AvgIpc) is 2.89. The molecule has 27 heavy (non-hydrogen) atoms. The van der Waals surface area contributed by atoms with Crippen molar-refractivity contribution in [1.82, 2.24) is 5.16 Å². The van der Waals surface area contributed by atoms with Crippen LogP contribution in [0.1, 0.15) is 33.8 Å². The molecule has 1 aromatic carbocycles. The maximum atomic E-state index is 13.0. The monoisotopic (exact) mass is 437 g/mol. The summed E-state index contributed by atoms with van der Waals surface area (Å²) in [6.07, 6.45) is 0.180. The number of aromatic nitrogens is 1. The summed E-state index contributed by atoms with van der Waals surface area (Å²) in [6.45, 7) is 3.47. The number of hydrogen-bond donors (Lipinski definition) is 0. The molecular weight excluding hydrogens is 425 g/mol. The number of aryl methyl sites for hydroxylation is 2. The minimum Gasteiger partial charge on any atom is -0.714 e. The molecule has 9 nitrogen and oxygen atoms in total. The van der Waals surface area contributed by atoms with Crippen molar-refractivity contribution in [2.45, 2.75) is 20.3 Å². The van der Waals surface area contributed by atoms with Gasteiger partial charge in [0.05, 0.1) is 17.1 Å². The van der Waals surface area contributed by atoms with E-state index in [2.05, 4.69) is 14.6 Å². The summed E-state index contributed by atoms with van der Waals surface area (Å²) in [5, 5.41) is 7.58. The van der Waals surface area contributed by atoms with Crippen LogP contribution in [0.3, 0.4) is 0 Å². The van der Waals surface area contributed by atoms with Crippen LogP contribution in [0.25, 0.3) is 0 Å². The molecule has 2 heterocycles. The second-order valence-corrected chi connectivity index (χ2v) is 6.99. The topological polar surface area (TPSA) is 125 Å². The van der Waals surface area contributed by atoms with Gasteiger partial charge in [-0.15, -0.1) is 0 Å². The molecule has 2 aromatic rings. The minimum atomic E-state index is -4.98. The number of halogens is 1. The molecule has 1 aliphatic heterocycles. The molecule has 0 unspecified atom stereocenters. The third-order valence-corrected chi connectivity index (χ3v) is 4.36. The molecule has 0 radical (unpaired) electrons. The number of rotatable bonds is 3. The van der Waals surface area contributed by atoms with Crippen LogP contribution in [0.4, 0.5) is 5.69 Å². The molecule has 0 bridgehead atoms. The number of carbonyl (C=O) groups excluding carboxylic acids is 1. The molecule has 1 aromatic heterocycles. The summed E-state index contributed by atoms with van der Waals surface area (Å²) in [5.41, 5.74) is 1.87. The Morgan fingerprint density at radius 2 is 2.11 bits per heavy atom. The van der Waals surface area contributed by atoms with E-state index in [1.165, 1.54) is 4.90 Å². The number of nitrogens with zero attached hydrogens (tertiary/aromatic N) is 3. The van der Waals surface area contributed by atoms with E-state index in [4.69, 9.17) is 16.1 Å². The quantitative estimate of drug-likeness (QED) is 0.266. The zero-order valence-corrected chi connectivity index (χ0v) is 19.4.